The third kappa shape index (κ3) is 7.66. The summed E-state index contributed by atoms with van der Waals surface area (Å²) in [5.41, 5.74) is 22.2. The highest BCUT2D eigenvalue weighted by atomic mass is 15.0. The van der Waals surface area contributed by atoms with Gasteiger partial charge in [-0.2, -0.15) is 0 Å². The molecule has 0 amide bonds. The summed E-state index contributed by atoms with van der Waals surface area (Å²) in [7, 11) is 0. The van der Waals surface area contributed by atoms with Crippen molar-refractivity contribution in [2.75, 3.05) is 6.67 Å². The van der Waals surface area contributed by atoms with E-state index in [1.807, 2.05) is 48.5 Å². The Bertz CT molecular complexity index is 2920. The summed E-state index contributed by atoms with van der Waals surface area (Å²) in [4.78, 5) is 3.26. The summed E-state index contributed by atoms with van der Waals surface area (Å²) in [6.07, 6.45) is 0. The topological polar surface area (TPSA) is 67.2 Å². The van der Waals surface area contributed by atoms with Crippen molar-refractivity contribution in [3.8, 4) is 39.1 Å². The van der Waals surface area contributed by atoms with Gasteiger partial charge in [-0.25, -0.2) is 0 Å². The van der Waals surface area contributed by atoms with Crippen LogP contribution in [0, 0.1) is 12.3 Å². The third-order valence-electron chi connectivity index (χ3n) is 11.3. The van der Waals surface area contributed by atoms with Crippen molar-refractivity contribution in [1.82, 2.24) is 4.57 Å². The summed E-state index contributed by atoms with van der Waals surface area (Å²) in [5, 5.41) is 11.2. The van der Waals surface area contributed by atoms with Gasteiger partial charge in [0.1, 0.15) is 0 Å². The van der Waals surface area contributed by atoms with Crippen LogP contribution in [0.3, 0.4) is 0 Å². The molecule has 0 spiro atoms. The lowest BCUT2D eigenvalue weighted by molar-refractivity contribution is 0.660. The average molecular weight is 765 g/mol. The summed E-state index contributed by atoms with van der Waals surface area (Å²) >= 11 is 0. The largest absolute Gasteiger partial charge is 0.312 e. The first-order valence-corrected chi connectivity index (χ1v) is 20.1. The maximum atomic E-state index is 8.76. The number of nitrogens with two attached hydrogens (primary N) is 1. The van der Waals surface area contributed by atoms with Gasteiger partial charge in [-0.15, -0.1) is 0 Å². The number of benzene rings is 8. The van der Waals surface area contributed by atoms with Crippen LogP contribution in [0.4, 0.5) is 0 Å². The molecule has 0 aliphatic heterocycles. The Labute approximate surface area is 347 Å². The van der Waals surface area contributed by atoms with Crippen LogP contribution in [-0.4, -0.2) is 23.7 Å². The lowest BCUT2D eigenvalue weighted by Crippen LogP contribution is -2.14. The summed E-state index contributed by atoms with van der Waals surface area (Å²) in [5.74, 6) is 0. The molecule has 288 valence electrons. The van der Waals surface area contributed by atoms with Gasteiger partial charge in [0.15, 0.2) is 0 Å². The number of hydrogen-bond donors (Lipinski definition) is 2. The Morgan fingerprint density at radius 3 is 1.76 bits per heavy atom. The normalized spacial score (nSPS) is 12.1. The minimum absolute atomic E-state index is 0.0298. The number of fused-ring (bicyclic) bond motifs is 6. The first-order chi connectivity index (χ1) is 28.8. The highest BCUT2D eigenvalue weighted by Crippen LogP contribution is 2.49. The highest BCUT2D eigenvalue weighted by molar-refractivity contribution is 6.12. The van der Waals surface area contributed by atoms with E-state index in [4.69, 9.17) is 11.1 Å². The lowest BCUT2D eigenvalue weighted by Gasteiger charge is -2.22. The Kier molecular flexibility index (Phi) is 11.0. The van der Waals surface area contributed by atoms with E-state index >= 15 is 0 Å². The molecule has 4 nitrogen and oxygen atoms in total. The number of para-hydroxylation sites is 1. The fraction of sp³-hybridized carbons (Fsp3) is 0.0909. The molecule has 9 aromatic rings. The molecule has 3 N–H and O–H groups in total. The lowest BCUT2D eigenvalue weighted by atomic mass is 9.81. The van der Waals surface area contributed by atoms with E-state index < -0.39 is 0 Å². The van der Waals surface area contributed by atoms with Crippen LogP contribution >= 0.6 is 0 Å². The van der Waals surface area contributed by atoms with Gasteiger partial charge < -0.3 is 10.3 Å². The monoisotopic (exact) mass is 764 g/mol. The number of nitrogens with one attached hydrogen (secondary N) is 1. The van der Waals surface area contributed by atoms with Crippen LogP contribution in [0.25, 0.3) is 60.9 Å². The van der Waals surface area contributed by atoms with E-state index in [1.54, 1.807) is 0 Å². The van der Waals surface area contributed by atoms with Gasteiger partial charge in [-0.3, -0.25) is 10.4 Å². The van der Waals surface area contributed by atoms with Crippen LogP contribution in [0.1, 0.15) is 41.7 Å². The number of rotatable bonds is 6. The summed E-state index contributed by atoms with van der Waals surface area (Å²) < 4.78 is 2.36. The van der Waals surface area contributed by atoms with Crippen molar-refractivity contribution >= 4 is 34.2 Å². The quantitative estimate of drug-likeness (QED) is 0.163. The van der Waals surface area contributed by atoms with Crippen LogP contribution in [-0.2, 0) is 5.41 Å². The highest BCUT2D eigenvalue weighted by Gasteiger charge is 2.35. The molecule has 59 heavy (non-hydrogen) atoms. The molecule has 0 atom stereocenters. The Hall–Kier alpha value is -7.14. The zero-order chi connectivity index (χ0) is 40.9. The van der Waals surface area contributed by atoms with Crippen LogP contribution < -0.4 is 5.73 Å². The van der Waals surface area contributed by atoms with Crippen molar-refractivity contribution in [3.63, 3.8) is 0 Å². The van der Waals surface area contributed by atoms with E-state index in [-0.39, 0.29) is 5.41 Å². The predicted octanol–water partition coefficient (Wildman–Crippen LogP) is 13.4. The van der Waals surface area contributed by atoms with Gasteiger partial charge in [0.25, 0.3) is 0 Å². The van der Waals surface area contributed by atoms with Gasteiger partial charge in [0, 0.05) is 27.4 Å². The molecule has 1 aromatic heterocycles. The van der Waals surface area contributed by atoms with Gasteiger partial charge in [-0.1, -0.05) is 177 Å². The van der Waals surface area contributed by atoms with E-state index in [0.717, 1.165) is 16.8 Å². The second kappa shape index (κ2) is 16.8. The smallest absolute Gasteiger partial charge is 0.0852 e. The van der Waals surface area contributed by atoms with Crippen LogP contribution in [0.2, 0.25) is 0 Å². The van der Waals surface area contributed by atoms with Crippen molar-refractivity contribution in [2.45, 2.75) is 26.2 Å². The minimum atomic E-state index is -0.0298. The first kappa shape index (κ1) is 38.7. The van der Waals surface area contributed by atoms with Crippen molar-refractivity contribution < 1.29 is 0 Å². The van der Waals surface area contributed by atoms with E-state index in [2.05, 4.69) is 183 Å². The van der Waals surface area contributed by atoms with E-state index in [0.29, 0.717) is 12.4 Å². The molecule has 0 saturated heterocycles. The molecular weight excluding hydrogens is 717 g/mol. The first-order valence-electron chi connectivity index (χ1n) is 20.1. The standard InChI is InChI=1S/C46H34N2.C7H8.C2H6N2/c1-46(2)41-17-8-6-15-37(41)38-25-21-34(28-42(38)46)32-13-10-14-33(27-32)35-22-26-40-39-16-7-9-18-43(39)48(44(40)29-35)36-23-19-31(20-24-36)45(47)30-11-4-3-5-12-30;1-7-5-3-2-4-6-7;1-4-2-3/h3-29,47H,1-2H3;2-6H,1H3;1-3H2. The summed E-state index contributed by atoms with van der Waals surface area (Å²) in [6.45, 7) is 10.2. The molecule has 0 radical (unpaired) electrons. The molecule has 4 heteroatoms. The molecule has 1 aliphatic rings. The number of aromatic nitrogens is 1. The molecule has 1 heterocycles. The molecule has 0 unspecified atom stereocenters. The Morgan fingerprint density at radius 1 is 0.542 bits per heavy atom. The van der Waals surface area contributed by atoms with E-state index in [9.17, 15) is 0 Å². The fourth-order valence-electron chi connectivity index (χ4n) is 8.27. The molecule has 1 aliphatic carbocycles. The van der Waals surface area contributed by atoms with Gasteiger partial charge in [0.2, 0.25) is 0 Å². The third-order valence-corrected chi connectivity index (χ3v) is 11.3. The van der Waals surface area contributed by atoms with Crippen molar-refractivity contribution in [3.05, 3.63) is 222 Å². The predicted molar refractivity (Wildman–Crippen MR) is 251 cm³/mol. The molecular formula is C55H48N4. The zero-order valence-corrected chi connectivity index (χ0v) is 33.9. The maximum Gasteiger partial charge on any atom is 0.0852 e. The molecule has 8 aromatic carbocycles. The zero-order valence-electron chi connectivity index (χ0n) is 33.9. The van der Waals surface area contributed by atoms with Crippen LogP contribution in [0.15, 0.2) is 199 Å². The number of aliphatic imine (C=N–C) groups is 1. The molecule has 10 rings (SSSR count). The second-order valence-electron chi connectivity index (χ2n) is 15.4. The van der Waals surface area contributed by atoms with Gasteiger partial charge in [-0.05, 0) is 100 Å². The fourth-order valence-corrected chi connectivity index (χ4v) is 8.27. The maximum absolute atomic E-state index is 8.76. The van der Waals surface area contributed by atoms with Gasteiger partial charge >= 0.3 is 0 Å². The molecule has 0 fully saturated rings. The van der Waals surface area contributed by atoms with Crippen molar-refractivity contribution in [1.29, 1.82) is 5.41 Å². The Morgan fingerprint density at radius 2 is 1.08 bits per heavy atom. The number of aryl methyl sites for hydroxylation is 1. The van der Waals surface area contributed by atoms with Gasteiger partial charge in [0.05, 0.1) is 23.4 Å². The second-order valence-corrected chi connectivity index (χ2v) is 15.4. The SMILES string of the molecule is C=NCN.CC1(C)c2ccccc2-c2ccc(-c3cccc(-c4ccc5c6ccccc6n(-c6ccc(C(=N)c7ccccc7)cc6)c5c4)c3)cc21.Cc1ccccc1. The summed E-state index contributed by atoms with van der Waals surface area (Å²) in [6, 6.07) is 68.8. The molecule has 0 saturated carbocycles. The van der Waals surface area contributed by atoms with E-state index in [1.165, 1.54) is 71.9 Å². The Balaban J connectivity index is 0.000000387. The minimum Gasteiger partial charge on any atom is -0.312 e. The average Bonchev–Trinajstić information content (AvgIpc) is 3.74. The number of nitrogens with zero attached hydrogens (tertiary/aromatic N) is 2. The molecule has 0 bridgehead atoms. The number of hydrogen-bond acceptors (Lipinski definition) is 3. The van der Waals surface area contributed by atoms with Crippen LogP contribution in [0.5, 0.6) is 0 Å². The van der Waals surface area contributed by atoms with Crippen molar-refractivity contribution in [2.24, 2.45) is 10.7 Å².